The zero-order chi connectivity index (χ0) is 10.6. The molecule has 74 valence electrons. The molecular formula is C11H18O2. The Hall–Kier alpha value is -1.05. The van der Waals surface area contributed by atoms with Crippen molar-refractivity contribution in [2.24, 2.45) is 5.41 Å². The maximum Gasteiger partial charge on any atom is 0.312 e. The van der Waals surface area contributed by atoms with Gasteiger partial charge < -0.3 is 4.74 Å². The van der Waals surface area contributed by atoms with Crippen molar-refractivity contribution in [3.63, 3.8) is 0 Å². The molecule has 0 saturated carbocycles. The lowest BCUT2D eigenvalue weighted by Gasteiger charge is -2.21. The Kier molecular flexibility index (Phi) is 3.92. The fourth-order valence-corrected chi connectivity index (χ4v) is 0.642. The van der Waals surface area contributed by atoms with E-state index in [4.69, 9.17) is 4.74 Å². The second-order valence-corrected chi connectivity index (χ2v) is 4.16. The first kappa shape index (κ1) is 11.9. The van der Waals surface area contributed by atoms with E-state index in [1.54, 1.807) is 6.08 Å². The van der Waals surface area contributed by atoms with Crippen molar-refractivity contribution in [2.45, 2.75) is 33.8 Å². The number of hydrogen-bond acceptors (Lipinski definition) is 2. The number of carbonyl (C=O) groups excluding carboxylic acids is 1. The summed E-state index contributed by atoms with van der Waals surface area (Å²) in [6, 6.07) is 0. The summed E-state index contributed by atoms with van der Waals surface area (Å²) >= 11 is 0. The van der Waals surface area contributed by atoms with E-state index in [-0.39, 0.29) is 12.1 Å². The van der Waals surface area contributed by atoms with Crippen molar-refractivity contribution >= 4 is 5.97 Å². The molecule has 0 aliphatic heterocycles. The van der Waals surface area contributed by atoms with Crippen LogP contribution in [0, 0.1) is 5.41 Å². The monoisotopic (exact) mass is 182 g/mol. The summed E-state index contributed by atoms with van der Waals surface area (Å²) in [5, 5.41) is 0. The molecule has 0 radical (unpaired) electrons. The Labute approximate surface area is 80.3 Å². The highest BCUT2D eigenvalue weighted by Crippen LogP contribution is 2.18. The zero-order valence-electron chi connectivity index (χ0n) is 8.89. The number of rotatable bonds is 3. The average Bonchev–Trinajstić information content (AvgIpc) is 1.96. The molecule has 0 rings (SSSR count). The SMILES string of the molecule is C=CC(OC(=O)C(C)(C)C)C(=C)C. The molecule has 13 heavy (non-hydrogen) atoms. The highest BCUT2D eigenvalue weighted by molar-refractivity contribution is 5.75. The Morgan fingerprint density at radius 2 is 1.92 bits per heavy atom. The van der Waals surface area contributed by atoms with Gasteiger partial charge in [0.1, 0.15) is 6.10 Å². The minimum absolute atomic E-state index is 0.236. The van der Waals surface area contributed by atoms with Gasteiger partial charge in [-0.25, -0.2) is 0 Å². The molecule has 0 aromatic carbocycles. The molecule has 0 N–H and O–H groups in total. The van der Waals surface area contributed by atoms with Crippen LogP contribution in [0.15, 0.2) is 24.8 Å². The molecule has 2 nitrogen and oxygen atoms in total. The highest BCUT2D eigenvalue weighted by atomic mass is 16.5. The molecule has 0 aliphatic rings. The van der Waals surface area contributed by atoms with E-state index in [0.29, 0.717) is 0 Å². The number of ether oxygens (including phenoxy) is 1. The Morgan fingerprint density at radius 3 is 2.15 bits per heavy atom. The lowest BCUT2D eigenvalue weighted by Crippen LogP contribution is -2.27. The molecule has 0 heterocycles. The van der Waals surface area contributed by atoms with E-state index in [1.165, 1.54) is 0 Å². The van der Waals surface area contributed by atoms with E-state index >= 15 is 0 Å². The van der Waals surface area contributed by atoms with Crippen LogP contribution in [-0.4, -0.2) is 12.1 Å². The summed E-state index contributed by atoms with van der Waals surface area (Å²) in [5.74, 6) is -0.236. The molecule has 1 unspecified atom stereocenters. The van der Waals surface area contributed by atoms with Crippen molar-refractivity contribution in [3.05, 3.63) is 24.8 Å². The molecule has 0 aromatic heterocycles. The summed E-state index contributed by atoms with van der Waals surface area (Å²) in [5.41, 5.74) is 0.309. The standard InChI is InChI=1S/C11H18O2/c1-7-9(8(2)3)13-10(12)11(4,5)6/h7,9H,1-2H2,3-6H3. The van der Waals surface area contributed by atoms with Gasteiger partial charge in [-0.1, -0.05) is 13.2 Å². The second kappa shape index (κ2) is 4.26. The van der Waals surface area contributed by atoms with Crippen LogP contribution in [0.1, 0.15) is 27.7 Å². The quantitative estimate of drug-likeness (QED) is 0.495. The van der Waals surface area contributed by atoms with Gasteiger partial charge in [0.2, 0.25) is 0 Å². The summed E-state index contributed by atoms with van der Waals surface area (Å²) < 4.78 is 5.17. The summed E-state index contributed by atoms with van der Waals surface area (Å²) in [7, 11) is 0. The van der Waals surface area contributed by atoms with Gasteiger partial charge in [-0.15, -0.1) is 0 Å². The largest absolute Gasteiger partial charge is 0.453 e. The van der Waals surface area contributed by atoms with Crippen LogP contribution >= 0.6 is 0 Å². The van der Waals surface area contributed by atoms with Gasteiger partial charge in [0.15, 0.2) is 0 Å². The molecule has 0 amide bonds. The molecule has 0 fully saturated rings. The first-order valence-electron chi connectivity index (χ1n) is 4.28. The zero-order valence-corrected chi connectivity index (χ0v) is 8.89. The second-order valence-electron chi connectivity index (χ2n) is 4.16. The topological polar surface area (TPSA) is 26.3 Å². The van der Waals surface area contributed by atoms with Crippen molar-refractivity contribution in [1.29, 1.82) is 0 Å². The lowest BCUT2D eigenvalue weighted by molar-refractivity contribution is -0.154. The van der Waals surface area contributed by atoms with Gasteiger partial charge in [-0.3, -0.25) is 4.79 Å². The Morgan fingerprint density at radius 1 is 1.46 bits per heavy atom. The third-order valence-corrected chi connectivity index (χ3v) is 1.55. The van der Waals surface area contributed by atoms with Crippen molar-refractivity contribution in [3.8, 4) is 0 Å². The van der Waals surface area contributed by atoms with Crippen LogP contribution in [0.3, 0.4) is 0 Å². The minimum Gasteiger partial charge on any atom is -0.453 e. The number of esters is 1. The molecule has 0 saturated heterocycles. The molecule has 0 spiro atoms. The van der Waals surface area contributed by atoms with E-state index in [1.807, 2.05) is 27.7 Å². The predicted octanol–water partition coefficient (Wildman–Crippen LogP) is 2.71. The van der Waals surface area contributed by atoms with Gasteiger partial charge >= 0.3 is 5.97 Å². The molecule has 1 atom stereocenters. The lowest BCUT2D eigenvalue weighted by atomic mass is 9.97. The van der Waals surface area contributed by atoms with Crippen molar-refractivity contribution in [2.75, 3.05) is 0 Å². The Bertz CT molecular complexity index is 221. The number of hydrogen-bond donors (Lipinski definition) is 0. The van der Waals surface area contributed by atoms with E-state index in [0.717, 1.165) is 5.57 Å². The van der Waals surface area contributed by atoms with Gasteiger partial charge in [-0.05, 0) is 39.3 Å². The fourth-order valence-electron chi connectivity index (χ4n) is 0.642. The third-order valence-electron chi connectivity index (χ3n) is 1.55. The maximum atomic E-state index is 11.4. The summed E-state index contributed by atoms with van der Waals surface area (Å²) in [6.07, 6.45) is 1.21. The fraction of sp³-hybridized carbons (Fsp3) is 0.545. The molecular weight excluding hydrogens is 164 g/mol. The van der Waals surface area contributed by atoms with E-state index < -0.39 is 5.41 Å². The van der Waals surface area contributed by atoms with Gasteiger partial charge in [-0.2, -0.15) is 0 Å². The molecule has 0 aliphatic carbocycles. The Balaban J connectivity index is 4.35. The summed E-state index contributed by atoms with van der Waals surface area (Å²) in [6.45, 7) is 14.5. The van der Waals surface area contributed by atoms with Crippen LogP contribution in [0.4, 0.5) is 0 Å². The van der Waals surface area contributed by atoms with E-state index in [9.17, 15) is 4.79 Å². The first-order chi connectivity index (χ1) is 5.79. The smallest absolute Gasteiger partial charge is 0.312 e. The van der Waals surface area contributed by atoms with Gasteiger partial charge in [0.05, 0.1) is 5.41 Å². The third kappa shape index (κ3) is 3.92. The first-order valence-corrected chi connectivity index (χ1v) is 4.28. The van der Waals surface area contributed by atoms with Gasteiger partial charge in [0.25, 0.3) is 0 Å². The predicted molar refractivity (Wildman–Crippen MR) is 54.3 cm³/mol. The van der Waals surface area contributed by atoms with Crippen molar-refractivity contribution < 1.29 is 9.53 Å². The molecule has 0 bridgehead atoms. The van der Waals surface area contributed by atoms with Crippen LogP contribution in [-0.2, 0) is 9.53 Å². The maximum absolute atomic E-state index is 11.4. The van der Waals surface area contributed by atoms with Crippen molar-refractivity contribution in [1.82, 2.24) is 0 Å². The van der Waals surface area contributed by atoms with E-state index in [2.05, 4.69) is 13.2 Å². The van der Waals surface area contributed by atoms with Crippen LogP contribution < -0.4 is 0 Å². The molecule has 2 heteroatoms. The van der Waals surface area contributed by atoms with Crippen LogP contribution in [0.25, 0.3) is 0 Å². The summed E-state index contributed by atoms with van der Waals surface area (Å²) in [4.78, 5) is 11.4. The van der Waals surface area contributed by atoms with Gasteiger partial charge in [0, 0.05) is 0 Å². The highest BCUT2D eigenvalue weighted by Gasteiger charge is 2.25. The van der Waals surface area contributed by atoms with Crippen LogP contribution in [0.2, 0.25) is 0 Å². The number of carbonyl (C=O) groups is 1. The average molecular weight is 182 g/mol. The van der Waals surface area contributed by atoms with Crippen LogP contribution in [0.5, 0.6) is 0 Å². The minimum atomic E-state index is -0.475. The normalized spacial score (nSPS) is 13.2. The molecule has 0 aromatic rings.